The van der Waals surface area contributed by atoms with Crippen molar-refractivity contribution in [2.45, 2.75) is 6.92 Å². The molecule has 5 heteroatoms. The number of H-pyrrole nitrogens is 1. The summed E-state index contributed by atoms with van der Waals surface area (Å²) >= 11 is 0. The van der Waals surface area contributed by atoms with E-state index in [1.54, 1.807) is 0 Å². The minimum atomic E-state index is 0.252. The molecule has 2 heterocycles. The smallest absolute Gasteiger partial charge is 0.231 e. The average molecular weight is 227 g/mol. The number of nitrogens with one attached hydrogen (secondary N) is 1. The van der Waals surface area contributed by atoms with Crippen molar-refractivity contribution in [3.05, 3.63) is 29.7 Å². The fourth-order valence-electron chi connectivity index (χ4n) is 1.84. The van der Waals surface area contributed by atoms with Gasteiger partial charge in [0.15, 0.2) is 11.5 Å². The Morgan fingerprint density at radius 3 is 2.94 bits per heavy atom. The van der Waals surface area contributed by atoms with E-state index in [-0.39, 0.29) is 6.79 Å². The van der Waals surface area contributed by atoms with Crippen LogP contribution in [0.1, 0.15) is 11.5 Å². The number of aromatic nitrogens is 2. The number of fused-ring (bicyclic) bond motifs is 1. The molecule has 0 bridgehead atoms. The fourth-order valence-corrected chi connectivity index (χ4v) is 1.84. The van der Waals surface area contributed by atoms with E-state index in [1.165, 1.54) is 0 Å². The fraction of sp³-hybridized carbons (Fsp3) is 0.167. The highest BCUT2D eigenvalue weighted by molar-refractivity contribution is 5.66. The van der Waals surface area contributed by atoms with Gasteiger partial charge in [0, 0.05) is 11.3 Å². The number of rotatable bonds is 1. The number of nitriles is 1. The van der Waals surface area contributed by atoms with Crippen LogP contribution < -0.4 is 9.47 Å². The summed E-state index contributed by atoms with van der Waals surface area (Å²) in [5.74, 6) is 1.76. The Morgan fingerprint density at radius 2 is 2.18 bits per heavy atom. The molecule has 0 spiro atoms. The zero-order valence-corrected chi connectivity index (χ0v) is 9.15. The second-order valence-corrected chi connectivity index (χ2v) is 3.74. The third kappa shape index (κ3) is 1.51. The van der Waals surface area contributed by atoms with Crippen molar-refractivity contribution in [2.75, 3.05) is 6.79 Å². The highest BCUT2D eigenvalue weighted by Crippen LogP contribution is 2.36. The van der Waals surface area contributed by atoms with E-state index in [2.05, 4.69) is 9.97 Å². The molecular weight excluding hydrogens is 218 g/mol. The molecule has 1 aromatic heterocycles. The molecule has 1 aromatic carbocycles. The van der Waals surface area contributed by atoms with Gasteiger partial charge in [0.2, 0.25) is 12.6 Å². The number of nitrogens with zero attached hydrogens (tertiary/aromatic N) is 2. The topological polar surface area (TPSA) is 70.9 Å². The number of hydrogen-bond donors (Lipinski definition) is 1. The van der Waals surface area contributed by atoms with E-state index >= 15 is 0 Å². The van der Waals surface area contributed by atoms with E-state index in [4.69, 9.17) is 14.7 Å². The summed E-state index contributed by atoms with van der Waals surface area (Å²) in [6.45, 7) is 2.13. The van der Waals surface area contributed by atoms with E-state index in [0.717, 1.165) is 22.7 Å². The van der Waals surface area contributed by atoms with Gasteiger partial charge in [-0.2, -0.15) is 5.26 Å². The van der Waals surface area contributed by atoms with Crippen molar-refractivity contribution in [1.82, 2.24) is 9.97 Å². The molecule has 1 N–H and O–H groups in total. The van der Waals surface area contributed by atoms with Gasteiger partial charge in [0.05, 0.1) is 5.69 Å². The average Bonchev–Trinajstić information content (AvgIpc) is 2.93. The van der Waals surface area contributed by atoms with Crippen LogP contribution in [-0.4, -0.2) is 16.8 Å². The van der Waals surface area contributed by atoms with Crippen LogP contribution >= 0.6 is 0 Å². The summed E-state index contributed by atoms with van der Waals surface area (Å²) in [4.78, 5) is 7.13. The Hall–Kier alpha value is -2.48. The van der Waals surface area contributed by atoms with Crippen LogP contribution in [0.25, 0.3) is 11.3 Å². The maximum atomic E-state index is 8.79. The van der Waals surface area contributed by atoms with Crippen LogP contribution in [0.4, 0.5) is 0 Å². The molecule has 2 aromatic rings. The number of ether oxygens (including phenoxy) is 2. The molecule has 5 nitrogen and oxygen atoms in total. The van der Waals surface area contributed by atoms with Crippen LogP contribution in [0.15, 0.2) is 18.2 Å². The zero-order chi connectivity index (χ0) is 11.8. The monoisotopic (exact) mass is 227 g/mol. The molecule has 1 aliphatic rings. The second kappa shape index (κ2) is 3.52. The van der Waals surface area contributed by atoms with Crippen molar-refractivity contribution in [1.29, 1.82) is 5.26 Å². The Bertz CT molecular complexity index is 625. The normalized spacial score (nSPS) is 12.5. The first-order chi connectivity index (χ1) is 8.28. The molecule has 1 aliphatic heterocycles. The lowest BCUT2D eigenvalue weighted by atomic mass is 10.1. The van der Waals surface area contributed by atoms with Crippen LogP contribution in [-0.2, 0) is 0 Å². The predicted molar refractivity (Wildman–Crippen MR) is 59.6 cm³/mol. The predicted octanol–water partition coefficient (Wildman–Crippen LogP) is 1.99. The number of imidazole rings is 1. The quantitative estimate of drug-likeness (QED) is 0.808. The molecule has 0 fully saturated rings. The van der Waals surface area contributed by atoms with Gasteiger partial charge in [-0.3, -0.25) is 0 Å². The van der Waals surface area contributed by atoms with Crippen molar-refractivity contribution in [3.63, 3.8) is 0 Å². The Morgan fingerprint density at radius 1 is 1.35 bits per heavy atom. The summed E-state index contributed by atoms with van der Waals surface area (Å²) in [6.07, 6.45) is 0. The number of aromatic amines is 1. The summed E-state index contributed by atoms with van der Waals surface area (Å²) < 4.78 is 10.6. The van der Waals surface area contributed by atoms with Crippen molar-refractivity contribution >= 4 is 0 Å². The second-order valence-electron chi connectivity index (χ2n) is 3.74. The third-order valence-electron chi connectivity index (χ3n) is 2.64. The minimum Gasteiger partial charge on any atom is -0.454 e. The first kappa shape index (κ1) is 9.73. The van der Waals surface area contributed by atoms with Gasteiger partial charge in [-0.25, -0.2) is 4.98 Å². The molecule has 0 radical (unpaired) electrons. The summed E-state index contributed by atoms with van der Waals surface area (Å²) in [6, 6.07) is 7.60. The molecule has 0 unspecified atom stereocenters. The van der Waals surface area contributed by atoms with Crippen molar-refractivity contribution < 1.29 is 9.47 Å². The molecule has 84 valence electrons. The Labute approximate surface area is 97.6 Å². The van der Waals surface area contributed by atoms with Crippen LogP contribution in [0.3, 0.4) is 0 Å². The maximum absolute atomic E-state index is 8.79. The highest BCUT2D eigenvalue weighted by Gasteiger charge is 2.16. The van der Waals surface area contributed by atoms with Crippen LogP contribution in [0.2, 0.25) is 0 Å². The highest BCUT2D eigenvalue weighted by atomic mass is 16.7. The number of hydrogen-bond acceptors (Lipinski definition) is 4. The largest absolute Gasteiger partial charge is 0.454 e. The maximum Gasteiger partial charge on any atom is 0.231 e. The van der Waals surface area contributed by atoms with Gasteiger partial charge in [-0.15, -0.1) is 0 Å². The standard InChI is InChI=1S/C12H9N3O2/c1-7-12(15-11(5-13)14-7)8-2-3-9-10(4-8)17-6-16-9/h2-4H,6H2,1H3,(H,14,15). The van der Waals surface area contributed by atoms with Crippen molar-refractivity contribution in [2.24, 2.45) is 0 Å². The minimum absolute atomic E-state index is 0.252. The SMILES string of the molecule is Cc1[nH]c(C#N)nc1-c1ccc2c(c1)OCO2. The first-order valence-electron chi connectivity index (χ1n) is 5.14. The lowest BCUT2D eigenvalue weighted by Crippen LogP contribution is -1.92. The van der Waals surface area contributed by atoms with Gasteiger partial charge < -0.3 is 14.5 Å². The molecule has 3 rings (SSSR count). The molecule has 0 atom stereocenters. The lowest BCUT2D eigenvalue weighted by Gasteiger charge is -2.00. The molecule has 0 saturated heterocycles. The van der Waals surface area contributed by atoms with Gasteiger partial charge in [0.1, 0.15) is 6.07 Å². The first-order valence-corrected chi connectivity index (χ1v) is 5.14. The number of benzene rings is 1. The van der Waals surface area contributed by atoms with E-state index < -0.39 is 0 Å². The summed E-state index contributed by atoms with van der Waals surface area (Å²) in [5, 5.41) is 8.79. The van der Waals surface area contributed by atoms with E-state index in [9.17, 15) is 0 Å². The van der Waals surface area contributed by atoms with Gasteiger partial charge in [-0.1, -0.05) is 0 Å². The molecule has 17 heavy (non-hydrogen) atoms. The third-order valence-corrected chi connectivity index (χ3v) is 2.64. The van der Waals surface area contributed by atoms with Gasteiger partial charge >= 0.3 is 0 Å². The molecule has 0 amide bonds. The van der Waals surface area contributed by atoms with Crippen LogP contribution in [0, 0.1) is 18.3 Å². The Kier molecular flexibility index (Phi) is 2.02. The van der Waals surface area contributed by atoms with E-state index in [0.29, 0.717) is 11.6 Å². The zero-order valence-electron chi connectivity index (χ0n) is 9.15. The summed E-state index contributed by atoms with van der Waals surface area (Å²) in [5.41, 5.74) is 2.53. The van der Waals surface area contributed by atoms with Crippen molar-refractivity contribution in [3.8, 4) is 28.8 Å². The number of aryl methyl sites for hydroxylation is 1. The van der Waals surface area contributed by atoms with Crippen LogP contribution in [0.5, 0.6) is 11.5 Å². The molecule has 0 aliphatic carbocycles. The molecule has 0 saturated carbocycles. The van der Waals surface area contributed by atoms with Gasteiger partial charge in [0.25, 0.3) is 0 Å². The van der Waals surface area contributed by atoms with E-state index in [1.807, 2.05) is 31.2 Å². The Balaban J connectivity index is 2.09. The molecular formula is C12H9N3O2. The lowest BCUT2D eigenvalue weighted by molar-refractivity contribution is 0.174. The van der Waals surface area contributed by atoms with Gasteiger partial charge in [-0.05, 0) is 25.1 Å². The summed E-state index contributed by atoms with van der Waals surface area (Å²) in [7, 11) is 0.